The van der Waals surface area contributed by atoms with Crippen molar-refractivity contribution in [1.82, 2.24) is 4.90 Å². The normalized spacial score (nSPS) is 19.0. The lowest BCUT2D eigenvalue weighted by molar-refractivity contribution is -0.386. The maximum absolute atomic E-state index is 13.2. The number of allylic oxidation sites excluding steroid dienone is 4. The highest BCUT2D eigenvalue weighted by Crippen LogP contribution is 2.51. The molecule has 1 N–H and O–H groups in total. The van der Waals surface area contributed by atoms with Gasteiger partial charge in [-0.2, -0.15) is 0 Å². The third-order valence-corrected chi connectivity index (χ3v) is 6.51. The number of nitrogens with zero attached hydrogens (tertiary/aromatic N) is 2. The fourth-order valence-corrected chi connectivity index (χ4v) is 5.19. The van der Waals surface area contributed by atoms with Gasteiger partial charge in [0, 0.05) is 61.0 Å². The molecule has 0 fully saturated rings. The molecule has 0 saturated heterocycles. The highest BCUT2D eigenvalue weighted by Gasteiger charge is 2.44. The molecule has 0 amide bonds. The van der Waals surface area contributed by atoms with Crippen LogP contribution >= 0.6 is 0 Å². The second-order valence-corrected chi connectivity index (χ2v) is 8.43. The molecule has 0 aromatic heterocycles. The summed E-state index contributed by atoms with van der Waals surface area (Å²) in [5.41, 5.74) is 2.70. The molecule has 4 rings (SSSR count). The van der Waals surface area contributed by atoms with Crippen LogP contribution in [-0.4, -0.2) is 53.4 Å². The number of phenolic OH excluding ortho intramolecular Hbond substituents is 1. The lowest BCUT2D eigenvalue weighted by Crippen LogP contribution is -2.40. The van der Waals surface area contributed by atoms with Crippen molar-refractivity contribution in [1.29, 1.82) is 0 Å². The Morgan fingerprint density at radius 2 is 1.70 bits per heavy atom. The summed E-state index contributed by atoms with van der Waals surface area (Å²) in [5, 5.41) is 22.1. The minimum absolute atomic E-state index is 0.0284. The molecule has 0 radical (unpaired) electrons. The summed E-state index contributed by atoms with van der Waals surface area (Å²) in [6.45, 7) is 2.88. The van der Waals surface area contributed by atoms with Crippen LogP contribution < -0.4 is 4.74 Å². The van der Waals surface area contributed by atoms with Gasteiger partial charge in [-0.15, -0.1) is 0 Å². The van der Waals surface area contributed by atoms with Crippen LogP contribution in [0.1, 0.15) is 56.9 Å². The first-order chi connectivity index (χ1) is 15.9. The lowest BCUT2D eigenvalue weighted by atomic mass is 9.71. The van der Waals surface area contributed by atoms with Crippen molar-refractivity contribution < 1.29 is 29.1 Å². The number of carbonyl (C=O) groups is 2. The van der Waals surface area contributed by atoms with Crippen molar-refractivity contribution in [3.8, 4) is 11.5 Å². The fourth-order valence-electron chi connectivity index (χ4n) is 5.19. The zero-order chi connectivity index (χ0) is 23.7. The van der Waals surface area contributed by atoms with Crippen LogP contribution in [0.4, 0.5) is 5.69 Å². The molecule has 1 aromatic carbocycles. The fraction of sp³-hybridized carbons (Fsp3) is 0.500. The molecule has 1 heterocycles. The monoisotopic (exact) mass is 456 g/mol. The van der Waals surface area contributed by atoms with Gasteiger partial charge in [0.2, 0.25) is 5.75 Å². The van der Waals surface area contributed by atoms with Crippen LogP contribution in [0.2, 0.25) is 0 Å². The number of rotatable bonds is 7. The molecule has 3 aliphatic rings. The summed E-state index contributed by atoms with van der Waals surface area (Å²) in [5.74, 6) is -1.41. The molecule has 0 bridgehead atoms. The predicted molar refractivity (Wildman–Crippen MR) is 119 cm³/mol. The molecule has 0 atom stereocenters. The first-order valence-electron chi connectivity index (χ1n) is 11.3. The number of carbonyl (C=O) groups excluding carboxylic acids is 2. The van der Waals surface area contributed by atoms with Crippen LogP contribution in [0.5, 0.6) is 11.5 Å². The molecule has 9 heteroatoms. The zero-order valence-electron chi connectivity index (χ0n) is 18.9. The Labute approximate surface area is 191 Å². The number of benzene rings is 1. The van der Waals surface area contributed by atoms with Gasteiger partial charge in [-0.05, 0) is 44.2 Å². The van der Waals surface area contributed by atoms with E-state index in [0.29, 0.717) is 68.4 Å². The number of nitro groups is 1. The zero-order valence-corrected chi connectivity index (χ0v) is 18.9. The number of hydrogen-bond acceptors (Lipinski definition) is 8. The first kappa shape index (κ1) is 23.0. The number of methoxy groups -OCH3 is 1. The molecule has 9 nitrogen and oxygen atoms in total. The predicted octanol–water partition coefficient (Wildman–Crippen LogP) is 3.76. The van der Waals surface area contributed by atoms with Crippen LogP contribution in [0.15, 0.2) is 34.7 Å². The molecular weight excluding hydrogens is 428 g/mol. The largest absolute Gasteiger partial charge is 0.500 e. The molecule has 33 heavy (non-hydrogen) atoms. The first-order valence-corrected chi connectivity index (χ1v) is 11.3. The number of nitro benzene ring substituents is 1. The third-order valence-electron chi connectivity index (χ3n) is 6.51. The second kappa shape index (κ2) is 9.35. The van der Waals surface area contributed by atoms with E-state index in [0.717, 1.165) is 11.4 Å². The van der Waals surface area contributed by atoms with Crippen LogP contribution in [0.3, 0.4) is 0 Å². The average molecular weight is 456 g/mol. The minimum atomic E-state index is -0.715. The van der Waals surface area contributed by atoms with E-state index in [4.69, 9.17) is 9.47 Å². The summed E-state index contributed by atoms with van der Waals surface area (Å²) in [6.07, 6.45) is 3.52. The molecule has 1 aromatic rings. The Bertz CT molecular complexity index is 1030. The van der Waals surface area contributed by atoms with Crippen LogP contribution in [0.25, 0.3) is 0 Å². The van der Waals surface area contributed by atoms with Crippen molar-refractivity contribution in [2.75, 3.05) is 26.9 Å². The smallest absolute Gasteiger partial charge is 0.314 e. The Kier molecular flexibility index (Phi) is 6.51. The summed E-state index contributed by atoms with van der Waals surface area (Å²) >= 11 is 0. The highest BCUT2D eigenvalue weighted by atomic mass is 16.6. The molecule has 0 saturated carbocycles. The van der Waals surface area contributed by atoms with Crippen LogP contribution in [-0.2, 0) is 14.3 Å². The molecule has 0 unspecified atom stereocenters. The van der Waals surface area contributed by atoms with Crippen molar-refractivity contribution in [3.63, 3.8) is 0 Å². The van der Waals surface area contributed by atoms with E-state index in [1.54, 1.807) is 14.0 Å². The van der Waals surface area contributed by atoms with Crippen molar-refractivity contribution in [2.24, 2.45) is 0 Å². The number of ketones is 2. The van der Waals surface area contributed by atoms with Gasteiger partial charge in [0.15, 0.2) is 17.3 Å². The lowest BCUT2D eigenvalue weighted by Gasteiger charge is -2.44. The van der Waals surface area contributed by atoms with Gasteiger partial charge < -0.3 is 19.5 Å². The number of phenols is 1. The van der Waals surface area contributed by atoms with E-state index in [9.17, 15) is 24.8 Å². The van der Waals surface area contributed by atoms with E-state index >= 15 is 0 Å². The molecule has 176 valence electrons. The summed E-state index contributed by atoms with van der Waals surface area (Å²) < 4.78 is 10.8. The van der Waals surface area contributed by atoms with Crippen molar-refractivity contribution in [2.45, 2.75) is 51.4 Å². The standard InChI is InChI=1S/C24H28N2O7/c1-3-33-20-13-14(12-17(24(20)29)26(30)31)21-22-15(6-4-8-18(22)27)25(10-11-32-2)16-7-5-9-19(28)23(16)21/h12-13,21,29H,3-11H2,1-2H3. The summed E-state index contributed by atoms with van der Waals surface area (Å²) in [4.78, 5) is 39.6. The number of ether oxygens (including phenoxy) is 2. The Balaban J connectivity index is 1.98. The number of Topliss-reactive ketones (excluding diaryl/α,β-unsaturated/α-hetero) is 2. The van der Waals surface area contributed by atoms with E-state index in [1.807, 2.05) is 0 Å². The molecule has 1 aliphatic heterocycles. The van der Waals surface area contributed by atoms with E-state index < -0.39 is 22.3 Å². The van der Waals surface area contributed by atoms with Gasteiger partial charge in [0.05, 0.1) is 18.1 Å². The molecular formula is C24H28N2O7. The summed E-state index contributed by atoms with van der Waals surface area (Å²) in [6, 6.07) is 2.80. The van der Waals surface area contributed by atoms with Gasteiger partial charge in [-0.25, -0.2) is 0 Å². The van der Waals surface area contributed by atoms with E-state index in [-0.39, 0.29) is 23.9 Å². The SMILES string of the molecule is CCOc1cc(C2C3=C(CCCC3=O)N(CCOC)C3=C2C(=O)CCC3)cc([N+](=O)[O-])c1O. The van der Waals surface area contributed by atoms with Gasteiger partial charge in [0.1, 0.15) is 0 Å². The molecule has 0 spiro atoms. The maximum Gasteiger partial charge on any atom is 0.314 e. The minimum Gasteiger partial charge on any atom is -0.500 e. The highest BCUT2D eigenvalue weighted by molar-refractivity contribution is 6.06. The van der Waals surface area contributed by atoms with Gasteiger partial charge in [0.25, 0.3) is 0 Å². The van der Waals surface area contributed by atoms with Crippen LogP contribution in [0, 0.1) is 10.1 Å². The maximum atomic E-state index is 13.2. The van der Waals surface area contributed by atoms with Crippen molar-refractivity contribution >= 4 is 17.3 Å². The van der Waals surface area contributed by atoms with Gasteiger partial charge in [-0.1, -0.05) is 0 Å². The summed E-state index contributed by atoms with van der Waals surface area (Å²) in [7, 11) is 1.61. The van der Waals surface area contributed by atoms with Crippen molar-refractivity contribution in [3.05, 3.63) is 50.4 Å². The Morgan fingerprint density at radius 3 is 2.21 bits per heavy atom. The van der Waals surface area contributed by atoms with Gasteiger partial charge in [-0.3, -0.25) is 19.7 Å². The quantitative estimate of drug-likeness (QED) is 0.487. The van der Waals surface area contributed by atoms with E-state index in [1.165, 1.54) is 12.1 Å². The topological polar surface area (TPSA) is 119 Å². The van der Waals surface area contributed by atoms with Gasteiger partial charge >= 0.3 is 5.69 Å². The molecule has 2 aliphatic carbocycles. The van der Waals surface area contributed by atoms with E-state index in [2.05, 4.69) is 4.90 Å². The Hall–Kier alpha value is -3.20. The number of aromatic hydroxyl groups is 1. The third kappa shape index (κ3) is 4.01. The average Bonchev–Trinajstić information content (AvgIpc) is 2.79. The number of hydrogen-bond donors (Lipinski definition) is 1. The second-order valence-electron chi connectivity index (χ2n) is 8.43. The Morgan fingerprint density at radius 1 is 1.09 bits per heavy atom.